The van der Waals surface area contributed by atoms with Crippen molar-refractivity contribution < 1.29 is 19.2 Å². The molecule has 35 heavy (non-hydrogen) atoms. The van der Waals surface area contributed by atoms with Gasteiger partial charge in [-0.2, -0.15) is 10.1 Å². The maximum atomic E-state index is 12.7. The van der Waals surface area contributed by atoms with Gasteiger partial charge in [-0.25, -0.2) is 4.68 Å². The van der Waals surface area contributed by atoms with E-state index in [1.165, 1.54) is 24.9 Å². The van der Waals surface area contributed by atoms with Crippen molar-refractivity contribution in [2.24, 2.45) is 4.99 Å². The lowest BCUT2D eigenvalue weighted by atomic mass is 10.1. The number of methoxy groups -OCH3 is 1. The van der Waals surface area contributed by atoms with Crippen LogP contribution in [0.1, 0.15) is 5.56 Å². The first-order valence-electron chi connectivity index (χ1n) is 10.9. The molecule has 2 aromatic carbocycles. The zero-order valence-electron chi connectivity index (χ0n) is 18.8. The first kappa shape index (κ1) is 22.8. The standard InChI is InChI=1S/C24H21N5O5S/c1-33-20-8-7-16(13-19(20)29(31)32)22-17(15-28(26-22)18-5-3-2-4-6-18)14-21-23(30)25-24(35-21)27-9-11-34-12-10-27/h2-8,13-15H,9-12H2,1H3/b21-14+. The Kier molecular flexibility index (Phi) is 6.34. The molecule has 5 rings (SSSR count). The second-order valence-corrected chi connectivity index (χ2v) is 8.78. The number of amides is 1. The predicted octanol–water partition coefficient (Wildman–Crippen LogP) is 3.76. The molecule has 0 saturated carbocycles. The number of rotatable bonds is 5. The van der Waals surface area contributed by atoms with Gasteiger partial charge in [-0.15, -0.1) is 0 Å². The first-order chi connectivity index (χ1) is 17.0. The molecule has 0 radical (unpaired) electrons. The number of morpholine rings is 1. The number of hydrogen-bond acceptors (Lipinski definition) is 8. The Morgan fingerprint density at radius 1 is 1.17 bits per heavy atom. The normalized spacial score (nSPS) is 17.1. The summed E-state index contributed by atoms with van der Waals surface area (Å²) in [5.41, 5.74) is 2.32. The van der Waals surface area contributed by atoms with Crippen LogP contribution in [0.25, 0.3) is 23.0 Å². The Hall–Kier alpha value is -3.96. The molecule has 0 unspecified atom stereocenters. The fourth-order valence-corrected chi connectivity index (χ4v) is 4.80. The van der Waals surface area contributed by atoms with E-state index in [1.54, 1.807) is 29.1 Å². The van der Waals surface area contributed by atoms with Crippen molar-refractivity contribution in [1.29, 1.82) is 0 Å². The Morgan fingerprint density at radius 3 is 2.66 bits per heavy atom. The average Bonchev–Trinajstić information content (AvgIpc) is 3.48. The van der Waals surface area contributed by atoms with E-state index in [1.807, 2.05) is 35.2 Å². The molecule has 2 aliphatic rings. The minimum absolute atomic E-state index is 0.159. The highest BCUT2D eigenvalue weighted by Gasteiger charge is 2.28. The summed E-state index contributed by atoms with van der Waals surface area (Å²) in [6.45, 7) is 2.55. The van der Waals surface area contributed by atoms with Gasteiger partial charge >= 0.3 is 5.69 Å². The Labute approximate surface area is 205 Å². The van der Waals surface area contributed by atoms with Gasteiger partial charge in [0, 0.05) is 36.5 Å². The highest BCUT2D eigenvalue weighted by Crippen LogP contribution is 2.36. The number of benzene rings is 2. The summed E-state index contributed by atoms with van der Waals surface area (Å²) in [5.74, 6) is -0.165. The van der Waals surface area contributed by atoms with Gasteiger partial charge in [0.05, 0.1) is 35.8 Å². The average molecular weight is 492 g/mol. The maximum absolute atomic E-state index is 12.7. The second kappa shape index (κ2) is 9.72. The maximum Gasteiger partial charge on any atom is 0.311 e. The summed E-state index contributed by atoms with van der Waals surface area (Å²) in [7, 11) is 1.39. The molecule has 0 spiro atoms. The molecule has 2 aliphatic heterocycles. The summed E-state index contributed by atoms with van der Waals surface area (Å²) >= 11 is 1.31. The van der Waals surface area contributed by atoms with Crippen LogP contribution in [0.15, 0.2) is 64.6 Å². The monoisotopic (exact) mass is 491 g/mol. The molecular weight excluding hydrogens is 470 g/mol. The fraction of sp³-hybridized carbons (Fsp3) is 0.208. The molecular formula is C24H21N5O5S. The van der Waals surface area contributed by atoms with Gasteiger partial charge in [0.15, 0.2) is 10.9 Å². The molecule has 1 fully saturated rings. The van der Waals surface area contributed by atoms with E-state index in [2.05, 4.69) is 4.99 Å². The van der Waals surface area contributed by atoms with Crippen LogP contribution >= 0.6 is 11.8 Å². The molecule has 0 aliphatic carbocycles. The van der Waals surface area contributed by atoms with Crippen molar-refractivity contribution >= 4 is 34.6 Å². The van der Waals surface area contributed by atoms with E-state index in [0.29, 0.717) is 53.2 Å². The number of nitro groups is 1. The molecule has 1 aromatic heterocycles. The SMILES string of the molecule is COc1ccc(-c2nn(-c3ccccc3)cc2/C=C2/SC(N3CCOCC3)=NC2=O)cc1[N+](=O)[O-]. The summed E-state index contributed by atoms with van der Waals surface area (Å²) < 4.78 is 12.2. The van der Waals surface area contributed by atoms with E-state index in [4.69, 9.17) is 14.6 Å². The van der Waals surface area contributed by atoms with Crippen LogP contribution in [-0.4, -0.2) is 64.1 Å². The lowest BCUT2D eigenvalue weighted by molar-refractivity contribution is -0.385. The van der Waals surface area contributed by atoms with Crippen molar-refractivity contribution in [2.75, 3.05) is 33.4 Å². The second-order valence-electron chi connectivity index (χ2n) is 7.77. The molecule has 1 saturated heterocycles. The zero-order valence-corrected chi connectivity index (χ0v) is 19.6. The number of aliphatic imine (C=N–C) groups is 1. The summed E-state index contributed by atoms with van der Waals surface area (Å²) in [6.07, 6.45) is 3.54. The predicted molar refractivity (Wildman–Crippen MR) is 133 cm³/mol. The van der Waals surface area contributed by atoms with Crippen LogP contribution in [0.2, 0.25) is 0 Å². The zero-order chi connectivity index (χ0) is 24.4. The van der Waals surface area contributed by atoms with Crippen LogP contribution in [0.5, 0.6) is 5.75 Å². The number of ether oxygens (including phenoxy) is 2. The van der Waals surface area contributed by atoms with Gasteiger partial charge in [0.25, 0.3) is 5.91 Å². The van der Waals surface area contributed by atoms with Crippen molar-refractivity contribution in [1.82, 2.24) is 14.7 Å². The van der Waals surface area contributed by atoms with Crippen molar-refractivity contribution in [3.8, 4) is 22.7 Å². The molecule has 178 valence electrons. The number of aromatic nitrogens is 2. The van der Waals surface area contributed by atoms with E-state index in [-0.39, 0.29) is 17.3 Å². The summed E-state index contributed by atoms with van der Waals surface area (Å²) in [6, 6.07) is 14.2. The number of nitrogens with zero attached hydrogens (tertiary/aromatic N) is 5. The fourth-order valence-electron chi connectivity index (χ4n) is 3.84. The topological polar surface area (TPSA) is 112 Å². The molecule has 3 aromatic rings. The van der Waals surface area contributed by atoms with E-state index in [0.717, 1.165) is 5.69 Å². The van der Waals surface area contributed by atoms with Crippen LogP contribution in [0, 0.1) is 10.1 Å². The van der Waals surface area contributed by atoms with Crippen LogP contribution < -0.4 is 4.74 Å². The van der Waals surface area contributed by atoms with Crippen LogP contribution in [0.4, 0.5) is 5.69 Å². The molecule has 3 heterocycles. The van der Waals surface area contributed by atoms with E-state index < -0.39 is 4.92 Å². The molecule has 11 heteroatoms. The van der Waals surface area contributed by atoms with E-state index >= 15 is 0 Å². The third-order valence-corrected chi connectivity index (χ3v) is 6.63. The quantitative estimate of drug-likeness (QED) is 0.301. The number of nitro benzene ring substituents is 1. The largest absolute Gasteiger partial charge is 0.490 e. The molecule has 0 atom stereocenters. The minimum Gasteiger partial charge on any atom is -0.490 e. The Bertz CT molecular complexity index is 1350. The van der Waals surface area contributed by atoms with Gasteiger partial charge in [-0.05, 0) is 42.1 Å². The number of thioether (sulfide) groups is 1. The third-order valence-electron chi connectivity index (χ3n) is 5.59. The Morgan fingerprint density at radius 2 is 1.94 bits per heavy atom. The summed E-state index contributed by atoms with van der Waals surface area (Å²) in [4.78, 5) is 30.5. The highest BCUT2D eigenvalue weighted by molar-refractivity contribution is 8.18. The van der Waals surface area contributed by atoms with Crippen LogP contribution in [-0.2, 0) is 9.53 Å². The Balaban J connectivity index is 1.56. The lowest BCUT2D eigenvalue weighted by Crippen LogP contribution is -2.38. The number of amidine groups is 1. The summed E-state index contributed by atoms with van der Waals surface area (Å²) in [5, 5.41) is 17.0. The van der Waals surface area contributed by atoms with Crippen molar-refractivity contribution in [3.63, 3.8) is 0 Å². The number of hydrogen-bond donors (Lipinski definition) is 0. The minimum atomic E-state index is -0.493. The van der Waals surface area contributed by atoms with Gasteiger partial charge in [-0.3, -0.25) is 14.9 Å². The number of para-hydroxylation sites is 1. The smallest absolute Gasteiger partial charge is 0.311 e. The lowest BCUT2D eigenvalue weighted by Gasteiger charge is -2.27. The molecule has 0 N–H and O–H groups in total. The van der Waals surface area contributed by atoms with Gasteiger partial charge in [0.1, 0.15) is 5.69 Å². The molecule has 0 bridgehead atoms. The first-order valence-corrected chi connectivity index (χ1v) is 11.7. The van der Waals surface area contributed by atoms with Gasteiger partial charge in [0.2, 0.25) is 0 Å². The van der Waals surface area contributed by atoms with Crippen molar-refractivity contribution in [3.05, 3.63) is 75.3 Å². The van der Waals surface area contributed by atoms with Gasteiger partial charge in [-0.1, -0.05) is 18.2 Å². The van der Waals surface area contributed by atoms with Crippen molar-refractivity contribution in [2.45, 2.75) is 0 Å². The third kappa shape index (κ3) is 4.68. The highest BCUT2D eigenvalue weighted by atomic mass is 32.2. The van der Waals surface area contributed by atoms with Crippen LogP contribution in [0.3, 0.4) is 0 Å². The van der Waals surface area contributed by atoms with E-state index in [9.17, 15) is 14.9 Å². The number of carbonyl (C=O) groups excluding carboxylic acids is 1. The number of carbonyl (C=O) groups is 1. The molecule has 10 nitrogen and oxygen atoms in total. The van der Waals surface area contributed by atoms with Gasteiger partial charge < -0.3 is 14.4 Å². The molecule has 1 amide bonds.